The van der Waals surface area contributed by atoms with Crippen LogP contribution in [0.2, 0.25) is 0 Å². The Morgan fingerprint density at radius 1 is 1.41 bits per heavy atom. The molecule has 0 unspecified atom stereocenters. The molecule has 0 radical (unpaired) electrons. The highest BCUT2D eigenvalue weighted by molar-refractivity contribution is 5.50. The van der Waals surface area contributed by atoms with Gasteiger partial charge in [0.2, 0.25) is 0 Å². The SMILES string of the molecule is Cc1cnc(-c2cc([C@H]3CCCNC3)[nH]n2)[nH]1. The standard InChI is InChI=1S/C12H17N5/c1-8-6-14-12(15-8)11-5-10(16-17-11)9-3-2-4-13-7-9/h5-6,9,13H,2-4,7H2,1H3,(H,14,15)(H,16,17)/t9-/m0/s1. The lowest BCUT2D eigenvalue weighted by Crippen LogP contribution is -2.28. The van der Waals surface area contributed by atoms with Gasteiger partial charge in [0, 0.05) is 30.0 Å². The van der Waals surface area contributed by atoms with Gasteiger partial charge < -0.3 is 10.3 Å². The zero-order valence-corrected chi connectivity index (χ0v) is 9.95. The van der Waals surface area contributed by atoms with Crippen LogP contribution < -0.4 is 5.32 Å². The Morgan fingerprint density at radius 2 is 2.35 bits per heavy atom. The maximum atomic E-state index is 4.33. The summed E-state index contributed by atoms with van der Waals surface area (Å²) in [5.41, 5.74) is 3.17. The van der Waals surface area contributed by atoms with E-state index in [0.29, 0.717) is 5.92 Å². The van der Waals surface area contributed by atoms with Gasteiger partial charge in [-0.05, 0) is 32.4 Å². The number of hydrogen-bond donors (Lipinski definition) is 3. The van der Waals surface area contributed by atoms with Crippen molar-refractivity contribution in [2.45, 2.75) is 25.7 Å². The van der Waals surface area contributed by atoms with Crippen LogP contribution in [0.5, 0.6) is 0 Å². The van der Waals surface area contributed by atoms with E-state index in [2.05, 4.69) is 31.5 Å². The highest BCUT2D eigenvalue weighted by Gasteiger charge is 2.18. The molecule has 0 bridgehead atoms. The van der Waals surface area contributed by atoms with Crippen LogP contribution in [0.25, 0.3) is 11.5 Å². The molecule has 90 valence electrons. The van der Waals surface area contributed by atoms with Crippen LogP contribution in [0, 0.1) is 6.92 Å². The van der Waals surface area contributed by atoms with E-state index in [-0.39, 0.29) is 0 Å². The molecule has 2 aromatic rings. The Kier molecular flexibility index (Phi) is 2.68. The predicted octanol–water partition coefficient (Wildman–Crippen LogP) is 1.58. The second kappa shape index (κ2) is 4.33. The van der Waals surface area contributed by atoms with Gasteiger partial charge in [-0.15, -0.1) is 0 Å². The van der Waals surface area contributed by atoms with Gasteiger partial charge >= 0.3 is 0 Å². The first-order valence-corrected chi connectivity index (χ1v) is 6.11. The second-order valence-corrected chi connectivity index (χ2v) is 4.67. The molecule has 0 aromatic carbocycles. The fourth-order valence-corrected chi connectivity index (χ4v) is 2.33. The van der Waals surface area contributed by atoms with Crippen LogP contribution in [0.4, 0.5) is 0 Å². The van der Waals surface area contributed by atoms with Gasteiger partial charge in [-0.3, -0.25) is 5.10 Å². The average molecular weight is 231 g/mol. The highest BCUT2D eigenvalue weighted by atomic mass is 15.1. The number of H-pyrrole nitrogens is 2. The lowest BCUT2D eigenvalue weighted by Gasteiger charge is -2.21. The normalized spacial score (nSPS) is 20.6. The van der Waals surface area contributed by atoms with Gasteiger partial charge in [0.1, 0.15) is 5.69 Å². The van der Waals surface area contributed by atoms with Crippen molar-refractivity contribution in [2.75, 3.05) is 13.1 Å². The third-order valence-electron chi connectivity index (χ3n) is 3.28. The fourth-order valence-electron chi connectivity index (χ4n) is 2.33. The van der Waals surface area contributed by atoms with Crippen molar-refractivity contribution in [3.05, 3.63) is 23.7 Å². The zero-order valence-electron chi connectivity index (χ0n) is 9.95. The minimum Gasteiger partial charge on any atom is -0.341 e. The Morgan fingerprint density at radius 3 is 3.06 bits per heavy atom. The van der Waals surface area contributed by atoms with Gasteiger partial charge in [0.15, 0.2) is 5.82 Å². The number of hydrogen-bond acceptors (Lipinski definition) is 3. The summed E-state index contributed by atoms with van der Waals surface area (Å²) in [7, 11) is 0. The first kappa shape index (κ1) is 10.5. The lowest BCUT2D eigenvalue weighted by atomic mass is 9.96. The van der Waals surface area contributed by atoms with E-state index in [1.807, 2.05) is 13.1 Å². The molecule has 0 amide bonds. The van der Waals surface area contributed by atoms with Crippen molar-refractivity contribution < 1.29 is 0 Å². The molecule has 1 atom stereocenters. The summed E-state index contributed by atoms with van der Waals surface area (Å²) in [5, 5.41) is 10.9. The molecule has 0 spiro atoms. The van der Waals surface area contributed by atoms with Crippen LogP contribution in [-0.4, -0.2) is 33.3 Å². The van der Waals surface area contributed by atoms with Crippen LogP contribution in [0.1, 0.15) is 30.1 Å². The molecule has 1 saturated heterocycles. The number of aryl methyl sites for hydroxylation is 1. The van der Waals surface area contributed by atoms with E-state index in [0.717, 1.165) is 30.3 Å². The van der Waals surface area contributed by atoms with Crippen LogP contribution in [0.3, 0.4) is 0 Å². The average Bonchev–Trinajstić information content (AvgIpc) is 2.98. The van der Waals surface area contributed by atoms with E-state index in [4.69, 9.17) is 0 Å². The van der Waals surface area contributed by atoms with Crippen molar-refractivity contribution in [1.29, 1.82) is 0 Å². The monoisotopic (exact) mass is 231 g/mol. The van der Waals surface area contributed by atoms with E-state index in [1.165, 1.54) is 18.5 Å². The molecule has 5 nitrogen and oxygen atoms in total. The molecule has 2 aromatic heterocycles. The molecule has 17 heavy (non-hydrogen) atoms. The maximum absolute atomic E-state index is 4.33. The Hall–Kier alpha value is -1.62. The Bertz CT molecular complexity index is 492. The summed E-state index contributed by atoms with van der Waals surface area (Å²) in [4.78, 5) is 7.49. The van der Waals surface area contributed by atoms with E-state index in [9.17, 15) is 0 Å². The molecule has 3 N–H and O–H groups in total. The minimum absolute atomic E-state index is 0.557. The molecule has 0 saturated carbocycles. The summed E-state index contributed by atoms with van der Waals surface area (Å²) in [6, 6.07) is 2.11. The molecule has 1 aliphatic rings. The van der Waals surface area contributed by atoms with E-state index >= 15 is 0 Å². The quantitative estimate of drug-likeness (QED) is 0.735. The number of aromatic amines is 2. The summed E-state index contributed by atoms with van der Waals surface area (Å²) in [6.45, 7) is 4.17. The number of aromatic nitrogens is 4. The van der Waals surface area contributed by atoms with Crippen molar-refractivity contribution in [3.8, 4) is 11.5 Å². The van der Waals surface area contributed by atoms with E-state index < -0.39 is 0 Å². The molecular weight excluding hydrogens is 214 g/mol. The minimum atomic E-state index is 0.557. The third-order valence-corrected chi connectivity index (χ3v) is 3.28. The molecule has 1 fully saturated rings. The van der Waals surface area contributed by atoms with Gasteiger partial charge in [-0.2, -0.15) is 5.10 Å². The Balaban J connectivity index is 1.82. The number of nitrogens with one attached hydrogen (secondary N) is 3. The topological polar surface area (TPSA) is 69.4 Å². The molecular formula is C12H17N5. The molecule has 1 aliphatic heterocycles. The van der Waals surface area contributed by atoms with Crippen molar-refractivity contribution in [1.82, 2.24) is 25.5 Å². The van der Waals surface area contributed by atoms with Gasteiger partial charge in [-0.25, -0.2) is 4.98 Å². The predicted molar refractivity (Wildman–Crippen MR) is 65.8 cm³/mol. The highest BCUT2D eigenvalue weighted by Crippen LogP contribution is 2.24. The molecule has 5 heteroatoms. The third kappa shape index (κ3) is 2.10. The lowest BCUT2D eigenvalue weighted by molar-refractivity contribution is 0.454. The number of piperidine rings is 1. The second-order valence-electron chi connectivity index (χ2n) is 4.67. The first-order chi connectivity index (χ1) is 8.33. The Labute approximate surface area is 100 Å². The maximum Gasteiger partial charge on any atom is 0.158 e. The fraction of sp³-hybridized carbons (Fsp3) is 0.500. The zero-order chi connectivity index (χ0) is 11.7. The van der Waals surface area contributed by atoms with Gasteiger partial charge in [-0.1, -0.05) is 0 Å². The van der Waals surface area contributed by atoms with Crippen LogP contribution in [0.15, 0.2) is 12.3 Å². The molecule has 3 rings (SSSR count). The number of nitrogens with zero attached hydrogens (tertiary/aromatic N) is 2. The summed E-state index contributed by atoms with van der Waals surface area (Å²) in [5.74, 6) is 1.40. The van der Waals surface area contributed by atoms with Gasteiger partial charge in [0.05, 0.1) is 0 Å². The number of rotatable bonds is 2. The largest absolute Gasteiger partial charge is 0.341 e. The van der Waals surface area contributed by atoms with Crippen LogP contribution in [-0.2, 0) is 0 Å². The van der Waals surface area contributed by atoms with Crippen LogP contribution >= 0.6 is 0 Å². The van der Waals surface area contributed by atoms with Crippen molar-refractivity contribution >= 4 is 0 Å². The summed E-state index contributed by atoms with van der Waals surface area (Å²) in [6.07, 6.45) is 4.29. The summed E-state index contributed by atoms with van der Waals surface area (Å²) >= 11 is 0. The smallest absolute Gasteiger partial charge is 0.158 e. The van der Waals surface area contributed by atoms with Gasteiger partial charge in [0.25, 0.3) is 0 Å². The summed E-state index contributed by atoms with van der Waals surface area (Å²) < 4.78 is 0. The first-order valence-electron chi connectivity index (χ1n) is 6.11. The number of imidazole rings is 1. The molecule has 0 aliphatic carbocycles. The van der Waals surface area contributed by atoms with Crippen molar-refractivity contribution in [2.24, 2.45) is 0 Å². The molecule has 3 heterocycles. The van der Waals surface area contributed by atoms with Crippen molar-refractivity contribution in [3.63, 3.8) is 0 Å². The van der Waals surface area contributed by atoms with E-state index in [1.54, 1.807) is 0 Å².